The minimum absolute atomic E-state index is 0.0461. The summed E-state index contributed by atoms with van der Waals surface area (Å²) >= 11 is 3.49. The molecule has 110 valence electrons. The monoisotopic (exact) mass is 348 g/mol. The van der Waals surface area contributed by atoms with Crippen LogP contribution in [0.25, 0.3) is 0 Å². The second-order valence-electron chi connectivity index (χ2n) is 6.30. The number of carbonyl (C=O) groups excluding carboxylic acids is 1. The SMILES string of the molecule is CC(=O)N1N=C2C3CC[NH+](CC3)[C@@H]2[C@H]1c1ccc(Br)cc1. The highest BCUT2D eigenvalue weighted by atomic mass is 79.9. The Balaban J connectivity index is 1.77. The Labute approximate surface area is 132 Å². The predicted octanol–water partition coefficient (Wildman–Crippen LogP) is 1.39. The first-order valence-electron chi connectivity index (χ1n) is 7.63. The first-order chi connectivity index (χ1) is 10.1. The summed E-state index contributed by atoms with van der Waals surface area (Å²) in [5.41, 5.74) is 2.46. The van der Waals surface area contributed by atoms with Crippen molar-refractivity contribution in [3.8, 4) is 0 Å². The van der Waals surface area contributed by atoms with Gasteiger partial charge in [-0.05, 0) is 17.7 Å². The van der Waals surface area contributed by atoms with Crippen LogP contribution in [0.1, 0.15) is 31.4 Å². The molecule has 0 unspecified atom stereocenters. The molecule has 0 saturated carbocycles. The maximum absolute atomic E-state index is 12.1. The lowest BCUT2D eigenvalue weighted by Gasteiger charge is -2.42. The van der Waals surface area contributed by atoms with E-state index in [1.807, 2.05) is 0 Å². The van der Waals surface area contributed by atoms with Crippen LogP contribution in [0.5, 0.6) is 0 Å². The van der Waals surface area contributed by atoms with E-state index in [4.69, 9.17) is 5.10 Å². The van der Waals surface area contributed by atoms with Gasteiger partial charge in [-0.1, -0.05) is 28.1 Å². The summed E-state index contributed by atoms with van der Waals surface area (Å²) in [4.78, 5) is 13.7. The third-order valence-corrected chi connectivity index (χ3v) is 5.67. The molecule has 1 aromatic rings. The van der Waals surface area contributed by atoms with Crippen LogP contribution in [0.15, 0.2) is 33.8 Å². The minimum atomic E-state index is 0.0461. The lowest BCUT2D eigenvalue weighted by Crippen LogP contribution is -3.20. The Kier molecular flexibility index (Phi) is 3.15. The average Bonchev–Trinajstić information content (AvgIpc) is 2.92. The van der Waals surface area contributed by atoms with E-state index in [1.54, 1.807) is 16.8 Å². The first-order valence-corrected chi connectivity index (χ1v) is 8.42. The van der Waals surface area contributed by atoms with Gasteiger partial charge in [-0.2, -0.15) is 5.10 Å². The Hall–Kier alpha value is -1.20. The van der Waals surface area contributed by atoms with E-state index in [0.717, 1.165) is 4.47 Å². The van der Waals surface area contributed by atoms with Crippen molar-refractivity contribution >= 4 is 27.5 Å². The fraction of sp³-hybridized carbons (Fsp3) is 0.500. The second kappa shape index (κ2) is 4.92. The number of rotatable bonds is 1. The first kappa shape index (κ1) is 13.5. The van der Waals surface area contributed by atoms with Crippen molar-refractivity contribution in [2.24, 2.45) is 11.0 Å². The van der Waals surface area contributed by atoms with Crippen molar-refractivity contribution < 1.29 is 9.69 Å². The van der Waals surface area contributed by atoms with E-state index in [0.29, 0.717) is 12.0 Å². The maximum atomic E-state index is 12.1. The topological polar surface area (TPSA) is 37.1 Å². The molecular formula is C16H19BrN3O+. The molecule has 2 bridgehead atoms. The third-order valence-electron chi connectivity index (χ3n) is 5.14. The third kappa shape index (κ3) is 2.06. The number of quaternary nitrogens is 1. The molecule has 1 amide bonds. The molecule has 0 aliphatic carbocycles. The van der Waals surface area contributed by atoms with Crippen molar-refractivity contribution in [1.82, 2.24) is 5.01 Å². The molecule has 0 radical (unpaired) electrons. The van der Waals surface area contributed by atoms with Gasteiger partial charge in [0.25, 0.3) is 0 Å². The normalized spacial score (nSPS) is 33.8. The Morgan fingerprint density at radius 2 is 1.95 bits per heavy atom. The number of hydrogen-bond donors (Lipinski definition) is 1. The number of fused-ring (bicyclic) bond motifs is 2. The zero-order chi connectivity index (χ0) is 14.6. The number of nitrogens with one attached hydrogen (secondary N) is 1. The molecule has 3 fully saturated rings. The molecule has 0 spiro atoms. The van der Waals surface area contributed by atoms with E-state index < -0.39 is 0 Å². The molecule has 0 aromatic heterocycles. The second-order valence-corrected chi connectivity index (χ2v) is 7.21. The molecule has 4 aliphatic rings. The van der Waals surface area contributed by atoms with Crippen LogP contribution in [-0.2, 0) is 4.79 Å². The van der Waals surface area contributed by atoms with Gasteiger partial charge in [-0.3, -0.25) is 4.79 Å². The van der Waals surface area contributed by atoms with Crippen molar-refractivity contribution in [2.75, 3.05) is 13.1 Å². The lowest BCUT2D eigenvalue weighted by molar-refractivity contribution is -0.927. The zero-order valence-electron chi connectivity index (χ0n) is 12.1. The maximum Gasteiger partial charge on any atom is 0.240 e. The summed E-state index contributed by atoms with van der Waals surface area (Å²) in [6.07, 6.45) is 2.45. The van der Waals surface area contributed by atoms with E-state index in [1.165, 1.54) is 37.2 Å². The van der Waals surface area contributed by atoms with Gasteiger partial charge in [0.05, 0.1) is 13.1 Å². The molecule has 1 aromatic carbocycles. The highest BCUT2D eigenvalue weighted by Gasteiger charge is 2.53. The van der Waals surface area contributed by atoms with E-state index in [9.17, 15) is 4.79 Å². The van der Waals surface area contributed by atoms with Gasteiger partial charge in [0.15, 0.2) is 6.04 Å². The number of amides is 1. The summed E-state index contributed by atoms with van der Waals surface area (Å²) in [5.74, 6) is 0.639. The molecule has 5 heteroatoms. The van der Waals surface area contributed by atoms with Gasteiger partial charge in [0.2, 0.25) is 5.91 Å². The van der Waals surface area contributed by atoms with Gasteiger partial charge < -0.3 is 4.90 Å². The van der Waals surface area contributed by atoms with Crippen molar-refractivity contribution in [1.29, 1.82) is 0 Å². The van der Waals surface area contributed by atoms with Gasteiger partial charge in [-0.25, -0.2) is 5.01 Å². The summed E-state index contributed by atoms with van der Waals surface area (Å²) in [5, 5.41) is 6.47. The minimum Gasteiger partial charge on any atom is -0.326 e. The lowest BCUT2D eigenvalue weighted by atomic mass is 9.78. The van der Waals surface area contributed by atoms with E-state index >= 15 is 0 Å². The van der Waals surface area contributed by atoms with Gasteiger partial charge in [0, 0.05) is 30.2 Å². The summed E-state index contributed by atoms with van der Waals surface area (Å²) in [6.45, 7) is 4.06. The fourth-order valence-corrected chi connectivity index (χ4v) is 4.44. The van der Waals surface area contributed by atoms with Gasteiger partial charge >= 0.3 is 0 Å². The Morgan fingerprint density at radius 3 is 2.57 bits per heavy atom. The van der Waals surface area contributed by atoms with Crippen LogP contribution in [0.3, 0.4) is 0 Å². The zero-order valence-corrected chi connectivity index (χ0v) is 13.6. The quantitative estimate of drug-likeness (QED) is 0.817. The number of hydrazone groups is 1. The van der Waals surface area contributed by atoms with Crippen LogP contribution < -0.4 is 4.90 Å². The van der Waals surface area contributed by atoms with Crippen LogP contribution in [0.2, 0.25) is 0 Å². The Bertz CT molecular complexity index is 604. The number of nitrogens with zero attached hydrogens (tertiary/aromatic N) is 2. The van der Waals surface area contributed by atoms with Crippen LogP contribution in [0.4, 0.5) is 0 Å². The number of piperidine rings is 3. The molecule has 4 aliphatic heterocycles. The number of halogens is 1. The number of benzene rings is 1. The largest absolute Gasteiger partial charge is 0.326 e. The van der Waals surface area contributed by atoms with E-state index in [-0.39, 0.29) is 11.9 Å². The highest BCUT2D eigenvalue weighted by Crippen LogP contribution is 2.36. The molecule has 21 heavy (non-hydrogen) atoms. The number of hydrogen-bond acceptors (Lipinski definition) is 2. The van der Waals surface area contributed by atoms with Crippen molar-refractivity contribution in [2.45, 2.75) is 31.8 Å². The van der Waals surface area contributed by atoms with Crippen LogP contribution in [0, 0.1) is 5.92 Å². The molecule has 5 rings (SSSR count). The summed E-state index contributed by atoms with van der Waals surface area (Å²) < 4.78 is 1.07. The molecular weight excluding hydrogens is 330 g/mol. The van der Waals surface area contributed by atoms with Crippen molar-refractivity contribution in [3.63, 3.8) is 0 Å². The smallest absolute Gasteiger partial charge is 0.240 e. The number of carbonyl (C=O) groups is 1. The molecule has 1 N–H and O–H groups in total. The summed E-state index contributed by atoms with van der Waals surface area (Å²) in [7, 11) is 0. The highest BCUT2D eigenvalue weighted by molar-refractivity contribution is 9.10. The van der Waals surface area contributed by atoms with Gasteiger partial charge in [0.1, 0.15) is 11.8 Å². The molecule has 4 nitrogen and oxygen atoms in total. The molecule has 3 saturated heterocycles. The van der Waals surface area contributed by atoms with Gasteiger partial charge in [-0.15, -0.1) is 0 Å². The molecule has 4 heterocycles. The van der Waals surface area contributed by atoms with E-state index in [2.05, 4.69) is 40.2 Å². The fourth-order valence-electron chi connectivity index (χ4n) is 4.17. The van der Waals surface area contributed by atoms with Crippen LogP contribution in [-0.4, -0.2) is 35.8 Å². The average molecular weight is 349 g/mol. The summed E-state index contributed by atoms with van der Waals surface area (Å²) in [6, 6.07) is 8.78. The standard InChI is InChI=1S/C16H18BrN3O/c1-10(21)20-15(12-2-4-13(17)5-3-12)16-14(18-20)11-6-8-19(16)9-7-11/h2-5,11,15-16H,6-9H2,1H3/p+1/t15-,16+/m1/s1. The Morgan fingerprint density at radius 1 is 1.29 bits per heavy atom. The van der Waals surface area contributed by atoms with Crippen LogP contribution >= 0.6 is 15.9 Å². The predicted molar refractivity (Wildman–Crippen MR) is 84.0 cm³/mol. The molecule has 2 atom stereocenters. The van der Waals surface area contributed by atoms with Crippen molar-refractivity contribution in [3.05, 3.63) is 34.3 Å².